The Kier molecular flexibility index (Phi) is 6.18. The quantitative estimate of drug-likeness (QED) is 0.459. The Labute approximate surface area is 184 Å². The second-order valence-corrected chi connectivity index (χ2v) is 9.25. The van der Waals surface area contributed by atoms with Crippen LogP contribution in [0, 0.1) is 11.7 Å². The van der Waals surface area contributed by atoms with E-state index in [2.05, 4.69) is 39.3 Å². The van der Waals surface area contributed by atoms with Crippen LogP contribution in [0.25, 0.3) is 11.2 Å². The first-order chi connectivity index (χ1) is 14.4. The molecule has 0 unspecified atom stereocenters. The van der Waals surface area contributed by atoms with Gasteiger partial charge in [-0.05, 0) is 65.0 Å². The Balaban J connectivity index is 1.71. The summed E-state index contributed by atoms with van der Waals surface area (Å²) < 4.78 is 16.2. The van der Waals surface area contributed by atoms with Crippen molar-refractivity contribution in [2.24, 2.45) is 5.92 Å². The van der Waals surface area contributed by atoms with E-state index in [0.717, 1.165) is 29.8 Å². The number of benzene rings is 1. The Hall–Kier alpha value is -2.28. The molecule has 3 aromatic rings. The normalized spacial score (nSPS) is 14.7. The zero-order valence-corrected chi connectivity index (χ0v) is 18.9. The third kappa shape index (κ3) is 4.26. The molecule has 2 aromatic heterocycles. The highest BCUT2D eigenvalue weighted by Crippen LogP contribution is 2.33. The van der Waals surface area contributed by atoms with E-state index in [-0.39, 0.29) is 11.7 Å². The summed E-state index contributed by atoms with van der Waals surface area (Å²) in [5, 5.41) is 0. The minimum atomic E-state index is -0.379. The zero-order chi connectivity index (χ0) is 21.3. The summed E-state index contributed by atoms with van der Waals surface area (Å²) >= 11 is 3.19. The molecule has 30 heavy (non-hydrogen) atoms. The van der Waals surface area contributed by atoms with Gasteiger partial charge in [0.05, 0.1) is 11.0 Å². The molecule has 1 fully saturated rings. The first kappa shape index (κ1) is 21.0. The molecule has 158 valence electrons. The highest BCUT2D eigenvalue weighted by molar-refractivity contribution is 9.10. The highest BCUT2D eigenvalue weighted by atomic mass is 79.9. The Bertz CT molecular complexity index is 1060. The molecule has 0 aliphatic heterocycles. The number of hydrogen-bond acceptors (Lipinski definition) is 3. The van der Waals surface area contributed by atoms with Gasteiger partial charge in [-0.2, -0.15) is 0 Å². The van der Waals surface area contributed by atoms with Crippen molar-refractivity contribution in [3.63, 3.8) is 0 Å². The van der Waals surface area contributed by atoms with Crippen LogP contribution in [-0.2, 0) is 6.54 Å². The smallest absolute Gasteiger partial charge is 0.254 e. The summed E-state index contributed by atoms with van der Waals surface area (Å²) in [6, 6.07) is 8.65. The van der Waals surface area contributed by atoms with Crippen LogP contribution in [0.4, 0.5) is 4.39 Å². The van der Waals surface area contributed by atoms with Crippen molar-refractivity contribution in [3.05, 3.63) is 58.2 Å². The number of amides is 1. The van der Waals surface area contributed by atoms with Gasteiger partial charge < -0.3 is 9.47 Å². The average molecular weight is 473 g/mol. The number of hydrogen-bond donors (Lipinski definition) is 0. The summed E-state index contributed by atoms with van der Waals surface area (Å²) in [5.41, 5.74) is 2.22. The van der Waals surface area contributed by atoms with Gasteiger partial charge in [-0.25, -0.2) is 14.4 Å². The molecule has 0 saturated heterocycles. The molecule has 5 nitrogen and oxygen atoms in total. The third-order valence-electron chi connectivity index (χ3n) is 5.58. The van der Waals surface area contributed by atoms with E-state index in [1.807, 2.05) is 17.0 Å². The first-order valence-corrected chi connectivity index (χ1v) is 11.3. The molecule has 1 saturated carbocycles. The van der Waals surface area contributed by atoms with Gasteiger partial charge in [0.15, 0.2) is 5.65 Å². The molecule has 0 atom stereocenters. The average Bonchev–Trinajstić information content (AvgIpc) is 3.35. The number of imidazole rings is 1. The molecule has 0 radical (unpaired) electrons. The highest BCUT2D eigenvalue weighted by Gasteiger charge is 2.26. The maximum absolute atomic E-state index is 13.7. The van der Waals surface area contributed by atoms with Gasteiger partial charge in [-0.15, -0.1) is 0 Å². The molecule has 0 N–H and O–H groups in total. The summed E-state index contributed by atoms with van der Waals surface area (Å²) in [6.07, 6.45) is 6.42. The number of rotatable bonds is 6. The second-order valence-electron chi connectivity index (χ2n) is 8.39. The van der Waals surface area contributed by atoms with Crippen LogP contribution < -0.4 is 0 Å². The number of aromatic nitrogens is 3. The van der Waals surface area contributed by atoms with Crippen molar-refractivity contribution >= 4 is 33.0 Å². The predicted octanol–water partition coefficient (Wildman–Crippen LogP) is 5.75. The van der Waals surface area contributed by atoms with Crippen LogP contribution in [0.2, 0.25) is 0 Å². The SMILES string of the molecule is CC(C)CN(Cc1nc2cccnc2n1C1CCCC1)C(=O)c1ccc(F)c(Br)c1. The minimum Gasteiger partial charge on any atom is -0.331 e. The molecule has 0 bridgehead atoms. The van der Waals surface area contributed by atoms with Gasteiger partial charge in [0.2, 0.25) is 0 Å². The number of carbonyl (C=O) groups excluding carboxylic acids is 1. The molecule has 1 aromatic carbocycles. The van der Waals surface area contributed by atoms with Crippen LogP contribution in [0.15, 0.2) is 41.0 Å². The molecule has 1 aliphatic rings. The van der Waals surface area contributed by atoms with Crippen LogP contribution >= 0.6 is 15.9 Å². The van der Waals surface area contributed by atoms with Crippen molar-refractivity contribution in [3.8, 4) is 0 Å². The van der Waals surface area contributed by atoms with Crippen LogP contribution in [-0.4, -0.2) is 31.9 Å². The third-order valence-corrected chi connectivity index (χ3v) is 6.19. The fraction of sp³-hybridized carbons (Fsp3) is 0.435. The Morgan fingerprint density at radius 3 is 2.77 bits per heavy atom. The van der Waals surface area contributed by atoms with Crippen molar-refractivity contribution < 1.29 is 9.18 Å². The summed E-state index contributed by atoms with van der Waals surface area (Å²) in [7, 11) is 0. The fourth-order valence-corrected chi connectivity index (χ4v) is 4.66. The van der Waals surface area contributed by atoms with Gasteiger partial charge in [0, 0.05) is 24.3 Å². The molecular weight excluding hydrogens is 447 g/mol. The van der Waals surface area contributed by atoms with Gasteiger partial charge in [-0.3, -0.25) is 4.79 Å². The van der Waals surface area contributed by atoms with Crippen LogP contribution in [0.1, 0.15) is 61.8 Å². The number of carbonyl (C=O) groups is 1. The Morgan fingerprint density at radius 2 is 2.07 bits per heavy atom. The lowest BCUT2D eigenvalue weighted by Crippen LogP contribution is -2.35. The maximum Gasteiger partial charge on any atom is 0.254 e. The molecule has 4 rings (SSSR count). The van der Waals surface area contributed by atoms with Gasteiger partial charge >= 0.3 is 0 Å². The van der Waals surface area contributed by atoms with E-state index in [0.29, 0.717) is 35.1 Å². The number of nitrogens with zero attached hydrogens (tertiary/aromatic N) is 4. The summed E-state index contributed by atoms with van der Waals surface area (Å²) in [5.74, 6) is 0.657. The number of halogens is 2. The van der Waals surface area contributed by atoms with E-state index in [9.17, 15) is 9.18 Å². The minimum absolute atomic E-state index is 0.123. The lowest BCUT2D eigenvalue weighted by Gasteiger charge is -2.26. The zero-order valence-electron chi connectivity index (χ0n) is 17.3. The van der Waals surface area contributed by atoms with E-state index < -0.39 is 0 Å². The molecule has 1 aliphatic carbocycles. The fourth-order valence-electron chi connectivity index (χ4n) is 4.28. The van der Waals surface area contributed by atoms with Crippen LogP contribution in [0.5, 0.6) is 0 Å². The topological polar surface area (TPSA) is 51.0 Å². The van der Waals surface area contributed by atoms with Crippen LogP contribution in [0.3, 0.4) is 0 Å². The monoisotopic (exact) mass is 472 g/mol. The van der Waals surface area contributed by atoms with Crippen molar-refractivity contribution in [2.45, 2.75) is 52.1 Å². The lowest BCUT2D eigenvalue weighted by atomic mass is 10.1. The second kappa shape index (κ2) is 8.84. The molecular formula is C23H26BrFN4O. The summed E-state index contributed by atoms with van der Waals surface area (Å²) in [4.78, 5) is 24.6. The number of pyridine rings is 1. The first-order valence-electron chi connectivity index (χ1n) is 10.5. The standard InChI is InChI=1S/C23H26BrFN4O/c1-15(2)13-28(23(30)16-9-10-19(25)18(24)12-16)14-21-27-20-8-5-11-26-22(20)29(21)17-6-3-4-7-17/h5,8-12,15,17H,3-4,6-7,13-14H2,1-2H3. The van der Waals surface area contributed by atoms with Crippen molar-refractivity contribution in [2.75, 3.05) is 6.54 Å². The van der Waals surface area contributed by atoms with Crippen molar-refractivity contribution in [1.82, 2.24) is 19.4 Å². The van der Waals surface area contributed by atoms with E-state index in [1.54, 1.807) is 12.3 Å². The predicted molar refractivity (Wildman–Crippen MR) is 119 cm³/mol. The lowest BCUT2D eigenvalue weighted by molar-refractivity contribution is 0.0715. The molecule has 2 heterocycles. The largest absolute Gasteiger partial charge is 0.331 e. The van der Waals surface area contributed by atoms with E-state index in [1.165, 1.54) is 25.0 Å². The van der Waals surface area contributed by atoms with Gasteiger partial charge in [-0.1, -0.05) is 26.7 Å². The van der Waals surface area contributed by atoms with E-state index in [4.69, 9.17) is 4.98 Å². The maximum atomic E-state index is 13.7. The molecule has 1 amide bonds. The molecule has 7 heteroatoms. The van der Waals surface area contributed by atoms with Gasteiger partial charge in [0.25, 0.3) is 5.91 Å². The van der Waals surface area contributed by atoms with Crippen molar-refractivity contribution in [1.29, 1.82) is 0 Å². The summed E-state index contributed by atoms with van der Waals surface area (Å²) in [6.45, 7) is 5.17. The number of fused-ring (bicyclic) bond motifs is 1. The Morgan fingerprint density at radius 1 is 1.30 bits per heavy atom. The van der Waals surface area contributed by atoms with E-state index >= 15 is 0 Å². The van der Waals surface area contributed by atoms with Gasteiger partial charge in [0.1, 0.15) is 17.2 Å². The molecule has 0 spiro atoms.